The van der Waals surface area contributed by atoms with E-state index >= 15 is 0 Å². The third-order valence-electron chi connectivity index (χ3n) is 4.87. The minimum atomic E-state index is -0.915. The molecule has 0 aromatic heterocycles. The largest absolute Gasteiger partial charge is 0.550 e. The van der Waals surface area contributed by atoms with Gasteiger partial charge in [0, 0.05) is 23.8 Å². The summed E-state index contributed by atoms with van der Waals surface area (Å²) >= 11 is 0. The van der Waals surface area contributed by atoms with Crippen LogP contribution in [-0.2, 0) is 9.59 Å². The second-order valence-corrected chi connectivity index (χ2v) is 5.50. The number of hydrogen-bond acceptors (Lipinski definition) is 4. The Morgan fingerprint density at radius 3 is 1.12 bits per heavy atom. The second-order valence-electron chi connectivity index (χ2n) is 5.50. The van der Waals surface area contributed by atoms with E-state index in [4.69, 9.17) is 0 Å². The smallest absolute Gasteiger partial charge is 0.0451 e. The maximum Gasteiger partial charge on any atom is 0.0451 e. The molecule has 3 aliphatic carbocycles. The molecule has 0 aliphatic heterocycles. The number of rotatable bonds is 2. The first-order valence-corrected chi connectivity index (χ1v) is 6.03. The highest BCUT2D eigenvalue weighted by molar-refractivity contribution is 5.73. The van der Waals surface area contributed by atoms with Crippen molar-refractivity contribution >= 4 is 11.9 Å². The van der Waals surface area contributed by atoms with Gasteiger partial charge in [-0.05, 0) is 49.4 Å². The fraction of sp³-hybridized carbons (Fsp3) is 0.833. The third-order valence-corrected chi connectivity index (χ3v) is 4.87. The molecule has 0 bridgehead atoms. The second kappa shape index (κ2) is 3.22. The molecule has 4 heteroatoms. The van der Waals surface area contributed by atoms with Gasteiger partial charge >= 0.3 is 0 Å². The first kappa shape index (κ1) is 10.1. The maximum absolute atomic E-state index is 10.8. The van der Waals surface area contributed by atoms with Crippen LogP contribution in [0.3, 0.4) is 0 Å². The molecule has 0 aromatic rings. The SMILES string of the molecule is O=C([O-])C1[C@@H]2CC[C@H]3C(C(=O)[O-])[C@@H]3CC[C@@H]12. The monoisotopic (exact) mass is 222 g/mol. The third kappa shape index (κ3) is 1.35. The first-order chi connectivity index (χ1) is 7.61. The maximum atomic E-state index is 10.8. The summed E-state index contributed by atoms with van der Waals surface area (Å²) in [6, 6.07) is 0. The number of carboxylic acid groups (broad SMARTS) is 2. The van der Waals surface area contributed by atoms with E-state index in [0.717, 1.165) is 25.7 Å². The Kier molecular flexibility index (Phi) is 2.03. The lowest BCUT2D eigenvalue weighted by atomic mass is 10.0. The Labute approximate surface area is 93.6 Å². The zero-order valence-corrected chi connectivity index (χ0v) is 8.93. The molecule has 0 radical (unpaired) electrons. The molecule has 0 spiro atoms. The Hall–Kier alpha value is -1.06. The van der Waals surface area contributed by atoms with Crippen LogP contribution in [0.15, 0.2) is 0 Å². The van der Waals surface area contributed by atoms with Crippen LogP contribution in [0.4, 0.5) is 0 Å². The average Bonchev–Trinajstić information content (AvgIpc) is 3.00. The molecule has 88 valence electrons. The van der Waals surface area contributed by atoms with E-state index in [1.807, 2.05) is 0 Å². The molecule has 4 atom stereocenters. The first-order valence-electron chi connectivity index (χ1n) is 6.03. The van der Waals surface area contributed by atoms with Gasteiger partial charge in [0.15, 0.2) is 0 Å². The standard InChI is InChI=1S/C12H16O4/c13-11(14)9-5-1-2-6-8(4-3-7(5)9)10(6)12(15)16/h5-10H,1-4H2,(H,13,14)(H,15,16)/p-2/t5-,6-,7-,8-,9?,10?/m1/s1. The summed E-state index contributed by atoms with van der Waals surface area (Å²) in [6.07, 6.45) is 3.42. The molecule has 3 saturated carbocycles. The van der Waals surface area contributed by atoms with Crippen LogP contribution in [0.5, 0.6) is 0 Å². The Morgan fingerprint density at radius 2 is 0.938 bits per heavy atom. The van der Waals surface area contributed by atoms with E-state index in [2.05, 4.69) is 0 Å². The van der Waals surface area contributed by atoms with Gasteiger partial charge in [-0.2, -0.15) is 0 Å². The normalized spacial score (nSPS) is 49.2. The quantitative estimate of drug-likeness (QED) is 0.587. The summed E-state index contributed by atoms with van der Waals surface area (Å²) in [5.41, 5.74) is 0. The van der Waals surface area contributed by atoms with E-state index in [0.29, 0.717) is 0 Å². The number of carboxylic acids is 2. The van der Waals surface area contributed by atoms with Crippen LogP contribution in [0.1, 0.15) is 25.7 Å². The molecule has 16 heavy (non-hydrogen) atoms. The summed E-state index contributed by atoms with van der Waals surface area (Å²) in [4.78, 5) is 21.6. The summed E-state index contributed by atoms with van der Waals surface area (Å²) < 4.78 is 0. The van der Waals surface area contributed by atoms with Crippen molar-refractivity contribution in [1.82, 2.24) is 0 Å². The lowest BCUT2D eigenvalue weighted by molar-refractivity contribution is -0.310. The zero-order valence-electron chi connectivity index (χ0n) is 8.93. The van der Waals surface area contributed by atoms with E-state index in [9.17, 15) is 19.8 Å². The molecule has 3 aliphatic rings. The van der Waals surface area contributed by atoms with Gasteiger partial charge in [-0.15, -0.1) is 0 Å². The fourth-order valence-electron chi connectivity index (χ4n) is 3.93. The molecule has 0 amide bonds. The Balaban J connectivity index is 1.63. The molecular weight excluding hydrogens is 208 g/mol. The van der Waals surface area contributed by atoms with Crippen molar-refractivity contribution in [2.75, 3.05) is 0 Å². The highest BCUT2D eigenvalue weighted by atomic mass is 16.4. The van der Waals surface area contributed by atoms with Crippen LogP contribution in [0.25, 0.3) is 0 Å². The van der Waals surface area contributed by atoms with Crippen molar-refractivity contribution in [3.8, 4) is 0 Å². The fourth-order valence-corrected chi connectivity index (χ4v) is 3.93. The number of carbonyl (C=O) groups is 2. The lowest BCUT2D eigenvalue weighted by Crippen LogP contribution is -2.26. The van der Waals surface area contributed by atoms with Crippen molar-refractivity contribution in [1.29, 1.82) is 0 Å². The predicted molar refractivity (Wildman–Crippen MR) is 49.4 cm³/mol. The zero-order chi connectivity index (χ0) is 11.4. The predicted octanol–water partition coefficient (Wildman–Crippen LogP) is -1.22. The van der Waals surface area contributed by atoms with E-state index in [1.165, 1.54) is 0 Å². The van der Waals surface area contributed by atoms with E-state index in [-0.39, 0.29) is 35.5 Å². The molecule has 0 saturated heterocycles. The van der Waals surface area contributed by atoms with Crippen molar-refractivity contribution in [3.05, 3.63) is 0 Å². The van der Waals surface area contributed by atoms with Crippen molar-refractivity contribution in [3.63, 3.8) is 0 Å². The van der Waals surface area contributed by atoms with Gasteiger partial charge in [0.25, 0.3) is 0 Å². The molecule has 0 aromatic carbocycles. The number of hydrogen-bond donors (Lipinski definition) is 0. The molecule has 4 nitrogen and oxygen atoms in total. The molecular formula is C12H14O4-2. The van der Waals surface area contributed by atoms with Crippen LogP contribution in [0, 0.1) is 35.5 Å². The van der Waals surface area contributed by atoms with Gasteiger partial charge in [0.05, 0.1) is 0 Å². The van der Waals surface area contributed by atoms with Gasteiger partial charge in [0.1, 0.15) is 0 Å². The lowest BCUT2D eigenvalue weighted by Gasteiger charge is -2.04. The summed E-state index contributed by atoms with van der Waals surface area (Å²) in [6.45, 7) is 0. The number of aliphatic carboxylic acids is 2. The molecule has 0 heterocycles. The summed E-state index contributed by atoms with van der Waals surface area (Å²) in [5, 5.41) is 21.6. The van der Waals surface area contributed by atoms with Crippen LogP contribution in [-0.4, -0.2) is 11.9 Å². The van der Waals surface area contributed by atoms with E-state index < -0.39 is 11.9 Å². The molecule has 0 unspecified atom stereocenters. The van der Waals surface area contributed by atoms with E-state index in [1.54, 1.807) is 0 Å². The Bertz CT molecular complexity index is 297. The van der Waals surface area contributed by atoms with Crippen molar-refractivity contribution in [2.45, 2.75) is 25.7 Å². The summed E-state index contributed by atoms with van der Waals surface area (Å²) in [7, 11) is 0. The number of carbonyl (C=O) groups excluding carboxylic acids is 2. The minimum absolute atomic E-state index is 0.251. The Morgan fingerprint density at radius 1 is 0.688 bits per heavy atom. The van der Waals surface area contributed by atoms with Crippen LogP contribution >= 0.6 is 0 Å². The van der Waals surface area contributed by atoms with Gasteiger partial charge in [-0.3, -0.25) is 0 Å². The number of fused-ring (bicyclic) bond motifs is 2. The molecule has 3 rings (SSSR count). The average molecular weight is 222 g/mol. The highest BCUT2D eigenvalue weighted by Crippen LogP contribution is 2.61. The van der Waals surface area contributed by atoms with Gasteiger partial charge < -0.3 is 19.8 Å². The summed E-state index contributed by atoms with van der Waals surface area (Å²) in [5.74, 6) is -1.30. The molecule has 3 fully saturated rings. The van der Waals surface area contributed by atoms with Crippen LogP contribution < -0.4 is 10.2 Å². The topological polar surface area (TPSA) is 80.3 Å². The van der Waals surface area contributed by atoms with Crippen molar-refractivity contribution < 1.29 is 19.8 Å². The van der Waals surface area contributed by atoms with Gasteiger partial charge in [-0.1, -0.05) is 0 Å². The van der Waals surface area contributed by atoms with Crippen LogP contribution in [0.2, 0.25) is 0 Å². The minimum Gasteiger partial charge on any atom is -0.550 e. The van der Waals surface area contributed by atoms with Crippen molar-refractivity contribution in [2.24, 2.45) is 35.5 Å². The molecule has 0 N–H and O–H groups in total. The highest BCUT2D eigenvalue weighted by Gasteiger charge is 2.57. The van der Waals surface area contributed by atoms with Gasteiger partial charge in [-0.25, -0.2) is 0 Å². The van der Waals surface area contributed by atoms with Gasteiger partial charge in [0.2, 0.25) is 0 Å².